The summed E-state index contributed by atoms with van der Waals surface area (Å²) in [7, 11) is 0. The lowest BCUT2D eigenvalue weighted by Gasteiger charge is -2.18. The Labute approximate surface area is 130 Å². The van der Waals surface area contributed by atoms with Gasteiger partial charge < -0.3 is 5.11 Å². The van der Waals surface area contributed by atoms with Gasteiger partial charge in [-0.2, -0.15) is 0 Å². The van der Waals surface area contributed by atoms with Crippen LogP contribution in [0.4, 0.5) is 8.78 Å². The fourth-order valence-electron chi connectivity index (χ4n) is 2.59. The summed E-state index contributed by atoms with van der Waals surface area (Å²) in [5.74, 6) is -4.15. The molecule has 116 valence electrons. The Bertz CT molecular complexity index is 675. The van der Waals surface area contributed by atoms with Crippen molar-refractivity contribution in [1.82, 2.24) is 9.88 Å². The van der Waals surface area contributed by atoms with Gasteiger partial charge in [-0.3, -0.25) is 9.69 Å². The minimum atomic E-state index is -2.95. The fourth-order valence-corrected chi connectivity index (χ4v) is 3.53. The largest absolute Gasteiger partial charge is 0.480 e. The van der Waals surface area contributed by atoms with Gasteiger partial charge in [-0.05, 0) is 0 Å². The highest BCUT2D eigenvalue weighted by Crippen LogP contribution is 2.34. The molecule has 1 N–H and O–H groups in total. The Balaban J connectivity index is 1.76. The van der Waals surface area contributed by atoms with Gasteiger partial charge in [-0.1, -0.05) is 30.3 Å². The Kier molecular flexibility index (Phi) is 3.92. The molecule has 1 aromatic heterocycles. The first kappa shape index (κ1) is 15.1. The molecule has 1 aromatic carbocycles. The topological polar surface area (TPSA) is 53.4 Å². The minimum Gasteiger partial charge on any atom is -0.480 e. The highest BCUT2D eigenvalue weighted by atomic mass is 32.1. The van der Waals surface area contributed by atoms with Crippen LogP contribution < -0.4 is 0 Å². The molecule has 0 bridgehead atoms. The molecule has 1 aliphatic rings. The van der Waals surface area contributed by atoms with Crippen molar-refractivity contribution in [2.75, 3.05) is 6.54 Å². The molecule has 1 saturated heterocycles. The number of hydrogen-bond donors (Lipinski definition) is 1. The summed E-state index contributed by atoms with van der Waals surface area (Å²) in [6.45, 7) is -0.348. The molecule has 7 heteroatoms. The van der Waals surface area contributed by atoms with Crippen LogP contribution in [0.2, 0.25) is 0 Å². The molecule has 4 nitrogen and oxygen atoms in total. The van der Waals surface area contributed by atoms with Crippen LogP contribution in [0.1, 0.15) is 11.3 Å². The summed E-state index contributed by atoms with van der Waals surface area (Å²) in [6.07, 6.45) is 0.995. The van der Waals surface area contributed by atoms with Crippen LogP contribution >= 0.6 is 11.3 Å². The number of halogens is 2. The number of aromatic nitrogens is 1. The van der Waals surface area contributed by atoms with E-state index < -0.39 is 30.9 Å². The van der Waals surface area contributed by atoms with E-state index in [1.807, 2.05) is 30.3 Å². The second kappa shape index (κ2) is 5.73. The molecule has 0 aliphatic carbocycles. The number of nitrogens with zero attached hydrogens (tertiary/aromatic N) is 2. The third-order valence-corrected chi connectivity index (χ3v) is 4.62. The van der Waals surface area contributed by atoms with Gasteiger partial charge in [0.15, 0.2) is 0 Å². The molecule has 2 heterocycles. The van der Waals surface area contributed by atoms with Crippen LogP contribution in [0.3, 0.4) is 0 Å². The Hall–Kier alpha value is -1.86. The van der Waals surface area contributed by atoms with Crippen molar-refractivity contribution in [2.45, 2.75) is 24.9 Å². The normalized spacial score (nSPS) is 21.1. The highest BCUT2D eigenvalue weighted by Gasteiger charge is 2.48. The molecule has 0 radical (unpaired) electrons. The highest BCUT2D eigenvalue weighted by molar-refractivity contribution is 7.15. The van der Waals surface area contributed by atoms with E-state index in [1.54, 1.807) is 6.20 Å². The lowest BCUT2D eigenvalue weighted by molar-refractivity contribution is -0.142. The first-order valence-corrected chi connectivity index (χ1v) is 7.61. The van der Waals surface area contributed by atoms with Crippen molar-refractivity contribution in [1.29, 1.82) is 0 Å². The van der Waals surface area contributed by atoms with E-state index in [2.05, 4.69) is 4.98 Å². The number of benzene rings is 1. The van der Waals surface area contributed by atoms with E-state index in [-0.39, 0.29) is 6.54 Å². The van der Waals surface area contributed by atoms with Crippen molar-refractivity contribution >= 4 is 17.3 Å². The Morgan fingerprint density at radius 3 is 2.82 bits per heavy atom. The maximum absolute atomic E-state index is 13.5. The van der Waals surface area contributed by atoms with E-state index in [4.69, 9.17) is 5.11 Å². The quantitative estimate of drug-likeness (QED) is 0.939. The molecule has 0 saturated carbocycles. The SMILES string of the molecule is O=C(O)[C@H]1CC(F)(F)CN1Cc1cnc(-c2ccccc2)s1. The molecule has 0 spiro atoms. The third-order valence-electron chi connectivity index (χ3n) is 3.59. The first-order chi connectivity index (χ1) is 10.4. The number of carboxylic acids is 1. The zero-order chi connectivity index (χ0) is 15.7. The summed E-state index contributed by atoms with van der Waals surface area (Å²) in [6, 6.07) is 8.41. The van der Waals surface area contributed by atoms with Crippen LogP contribution in [0, 0.1) is 0 Å². The van der Waals surface area contributed by atoms with E-state index >= 15 is 0 Å². The van der Waals surface area contributed by atoms with Gasteiger partial charge in [-0.15, -0.1) is 11.3 Å². The van der Waals surface area contributed by atoms with Gasteiger partial charge in [-0.25, -0.2) is 13.8 Å². The summed E-state index contributed by atoms with van der Waals surface area (Å²) in [4.78, 5) is 17.5. The number of hydrogen-bond acceptors (Lipinski definition) is 4. The van der Waals surface area contributed by atoms with Crippen molar-refractivity contribution in [3.8, 4) is 10.6 Å². The fraction of sp³-hybridized carbons (Fsp3) is 0.333. The van der Waals surface area contributed by atoms with Gasteiger partial charge in [0.1, 0.15) is 11.0 Å². The van der Waals surface area contributed by atoms with Gasteiger partial charge in [0, 0.05) is 29.6 Å². The van der Waals surface area contributed by atoms with Crippen LogP contribution in [-0.2, 0) is 11.3 Å². The first-order valence-electron chi connectivity index (χ1n) is 6.79. The molecule has 0 unspecified atom stereocenters. The molecular formula is C15H14F2N2O2S. The number of carboxylic acid groups (broad SMARTS) is 1. The van der Waals surface area contributed by atoms with Crippen LogP contribution in [-0.4, -0.2) is 39.5 Å². The van der Waals surface area contributed by atoms with Gasteiger partial charge in [0.2, 0.25) is 0 Å². The van der Waals surface area contributed by atoms with E-state index in [0.717, 1.165) is 15.4 Å². The zero-order valence-electron chi connectivity index (χ0n) is 11.6. The molecule has 1 aliphatic heterocycles. The predicted molar refractivity (Wildman–Crippen MR) is 78.9 cm³/mol. The maximum atomic E-state index is 13.5. The summed E-state index contributed by atoms with van der Waals surface area (Å²) in [5.41, 5.74) is 0.959. The second-order valence-electron chi connectivity index (χ2n) is 5.32. The van der Waals surface area contributed by atoms with Crippen molar-refractivity contribution < 1.29 is 18.7 Å². The number of aliphatic carboxylic acids is 1. The standard InChI is InChI=1S/C15H14F2N2O2S/c16-15(17)6-12(14(20)21)19(9-15)8-11-7-18-13(22-11)10-4-2-1-3-5-10/h1-5,7,12H,6,8-9H2,(H,20,21)/t12-/m1/s1. The average Bonchev–Trinajstić information content (AvgIpc) is 3.04. The monoisotopic (exact) mass is 324 g/mol. The van der Waals surface area contributed by atoms with E-state index in [1.165, 1.54) is 16.2 Å². The van der Waals surface area contributed by atoms with Crippen LogP contribution in [0.25, 0.3) is 10.6 Å². The molecule has 1 fully saturated rings. The minimum absolute atomic E-state index is 0.178. The smallest absolute Gasteiger partial charge is 0.321 e. The molecule has 2 aromatic rings. The average molecular weight is 324 g/mol. The van der Waals surface area contributed by atoms with Crippen LogP contribution in [0.15, 0.2) is 36.5 Å². The van der Waals surface area contributed by atoms with Gasteiger partial charge >= 0.3 is 5.97 Å². The zero-order valence-corrected chi connectivity index (χ0v) is 12.4. The molecule has 3 rings (SSSR count). The van der Waals surface area contributed by atoms with Crippen molar-refractivity contribution in [2.24, 2.45) is 0 Å². The van der Waals surface area contributed by atoms with E-state index in [9.17, 15) is 13.6 Å². The Morgan fingerprint density at radius 1 is 1.41 bits per heavy atom. The van der Waals surface area contributed by atoms with Gasteiger partial charge in [0.05, 0.1) is 6.54 Å². The van der Waals surface area contributed by atoms with Crippen LogP contribution in [0.5, 0.6) is 0 Å². The maximum Gasteiger partial charge on any atom is 0.321 e. The second-order valence-corrected chi connectivity index (χ2v) is 6.43. The lowest BCUT2D eigenvalue weighted by atomic mass is 10.2. The summed E-state index contributed by atoms with van der Waals surface area (Å²) >= 11 is 1.40. The third kappa shape index (κ3) is 3.15. The van der Waals surface area contributed by atoms with Crippen molar-refractivity contribution in [3.05, 3.63) is 41.4 Å². The summed E-state index contributed by atoms with van der Waals surface area (Å²) in [5, 5.41) is 9.89. The summed E-state index contributed by atoms with van der Waals surface area (Å²) < 4.78 is 26.9. The van der Waals surface area contributed by atoms with Crippen molar-refractivity contribution in [3.63, 3.8) is 0 Å². The predicted octanol–water partition coefficient (Wildman–Crippen LogP) is 3.10. The number of likely N-dealkylation sites (tertiary alicyclic amines) is 1. The molecule has 0 amide bonds. The number of rotatable bonds is 4. The van der Waals surface area contributed by atoms with E-state index in [0.29, 0.717) is 0 Å². The molecular weight excluding hydrogens is 310 g/mol. The molecule has 1 atom stereocenters. The lowest BCUT2D eigenvalue weighted by Crippen LogP contribution is -2.35. The van der Waals surface area contributed by atoms with Gasteiger partial charge in [0.25, 0.3) is 5.92 Å². The number of carbonyl (C=O) groups is 1. The number of thiazole rings is 1. The molecule has 22 heavy (non-hydrogen) atoms. The number of alkyl halides is 2. The Morgan fingerprint density at radius 2 is 2.14 bits per heavy atom.